The molecule has 0 radical (unpaired) electrons. The SMILES string of the molecule is Cl.OOCC1c2ccccc2-c2ccccc21. The quantitative estimate of drug-likeness (QED) is 0.649. The fourth-order valence-corrected chi connectivity index (χ4v) is 2.51. The van der Waals surface area contributed by atoms with Gasteiger partial charge >= 0.3 is 0 Å². The summed E-state index contributed by atoms with van der Waals surface area (Å²) in [4.78, 5) is 4.34. The number of hydrogen-bond acceptors (Lipinski definition) is 2. The summed E-state index contributed by atoms with van der Waals surface area (Å²) in [7, 11) is 0. The molecule has 1 N–H and O–H groups in total. The van der Waals surface area contributed by atoms with E-state index < -0.39 is 0 Å². The van der Waals surface area contributed by atoms with Crippen molar-refractivity contribution in [2.24, 2.45) is 0 Å². The van der Waals surface area contributed by atoms with Gasteiger partial charge in [-0.1, -0.05) is 48.5 Å². The smallest absolute Gasteiger partial charge is 0.0929 e. The summed E-state index contributed by atoms with van der Waals surface area (Å²) < 4.78 is 0. The minimum Gasteiger partial charge on any atom is -0.252 e. The molecule has 17 heavy (non-hydrogen) atoms. The number of fused-ring (bicyclic) bond motifs is 3. The van der Waals surface area contributed by atoms with Crippen molar-refractivity contribution < 1.29 is 10.1 Å². The Bertz CT molecular complexity index is 480. The Hall–Kier alpha value is -1.35. The zero-order chi connectivity index (χ0) is 11.0. The van der Waals surface area contributed by atoms with Gasteiger partial charge in [0.05, 0.1) is 6.61 Å². The summed E-state index contributed by atoms with van der Waals surface area (Å²) in [6, 6.07) is 16.6. The third kappa shape index (κ3) is 1.84. The van der Waals surface area contributed by atoms with E-state index in [2.05, 4.69) is 29.2 Å². The van der Waals surface area contributed by atoms with Crippen molar-refractivity contribution in [1.82, 2.24) is 0 Å². The molecule has 0 atom stereocenters. The summed E-state index contributed by atoms with van der Waals surface area (Å²) in [5, 5.41) is 8.68. The van der Waals surface area contributed by atoms with Crippen molar-refractivity contribution in [3.8, 4) is 11.1 Å². The predicted octanol–water partition coefficient (Wildman–Crippen LogP) is 3.71. The molecule has 0 fully saturated rings. The Morgan fingerprint density at radius 3 is 1.82 bits per heavy atom. The monoisotopic (exact) mass is 248 g/mol. The van der Waals surface area contributed by atoms with Gasteiger partial charge in [-0.2, -0.15) is 0 Å². The molecule has 0 saturated heterocycles. The molecular weight excluding hydrogens is 236 g/mol. The Balaban J connectivity index is 0.00000108. The third-order valence-corrected chi connectivity index (χ3v) is 3.20. The maximum Gasteiger partial charge on any atom is 0.0929 e. The van der Waals surface area contributed by atoms with E-state index in [9.17, 15) is 0 Å². The van der Waals surface area contributed by atoms with Crippen LogP contribution in [0.2, 0.25) is 0 Å². The first-order valence-electron chi connectivity index (χ1n) is 5.36. The molecule has 2 nitrogen and oxygen atoms in total. The van der Waals surface area contributed by atoms with E-state index in [0.29, 0.717) is 6.61 Å². The van der Waals surface area contributed by atoms with Gasteiger partial charge in [0, 0.05) is 5.92 Å². The second-order valence-corrected chi connectivity index (χ2v) is 4.02. The minimum absolute atomic E-state index is 0. The molecule has 2 aromatic rings. The van der Waals surface area contributed by atoms with E-state index in [1.54, 1.807) is 0 Å². The summed E-state index contributed by atoms with van der Waals surface area (Å²) in [6.45, 7) is 0.314. The van der Waals surface area contributed by atoms with Crippen LogP contribution in [0.3, 0.4) is 0 Å². The van der Waals surface area contributed by atoms with Gasteiger partial charge in [-0.15, -0.1) is 12.4 Å². The largest absolute Gasteiger partial charge is 0.252 e. The van der Waals surface area contributed by atoms with Crippen LogP contribution in [0.1, 0.15) is 17.0 Å². The lowest BCUT2D eigenvalue weighted by atomic mass is 9.98. The maximum absolute atomic E-state index is 8.68. The van der Waals surface area contributed by atoms with Crippen LogP contribution >= 0.6 is 12.4 Å². The molecule has 2 aromatic carbocycles. The molecule has 0 aliphatic heterocycles. The van der Waals surface area contributed by atoms with E-state index in [4.69, 9.17) is 5.26 Å². The lowest BCUT2D eigenvalue weighted by Gasteiger charge is -2.10. The van der Waals surface area contributed by atoms with Gasteiger partial charge in [0.2, 0.25) is 0 Å². The average molecular weight is 249 g/mol. The molecule has 1 aliphatic rings. The number of rotatable bonds is 2. The highest BCUT2D eigenvalue weighted by molar-refractivity contribution is 5.85. The standard InChI is InChI=1S/C14H12O2.ClH/c15-16-9-14-12-7-3-1-5-10(12)11-6-2-4-8-13(11)14;/h1-8,14-15H,9H2;1H. The van der Waals surface area contributed by atoms with E-state index in [-0.39, 0.29) is 18.3 Å². The van der Waals surface area contributed by atoms with Gasteiger partial charge in [-0.3, -0.25) is 5.26 Å². The molecule has 0 unspecified atom stereocenters. The fourth-order valence-electron chi connectivity index (χ4n) is 2.51. The average Bonchev–Trinajstić information content (AvgIpc) is 2.66. The van der Waals surface area contributed by atoms with Crippen LogP contribution < -0.4 is 0 Å². The summed E-state index contributed by atoms with van der Waals surface area (Å²) in [6.07, 6.45) is 0. The van der Waals surface area contributed by atoms with Gasteiger partial charge in [-0.05, 0) is 22.3 Å². The minimum atomic E-state index is 0. The molecule has 0 amide bonds. The molecule has 3 heteroatoms. The van der Waals surface area contributed by atoms with Crippen LogP contribution in [-0.2, 0) is 4.89 Å². The Labute approximate surface area is 106 Å². The van der Waals surface area contributed by atoms with E-state index >= 15 is 0 Å². The molecule has 0 spiro atoms. The van der Waals surface area contributed by atoms with Crippen LogP contribution in [0, 0.1) is 0 Å². The zero-order valence-electron chi connectivity index (χ0n) is 9.17. The van der Waals surface area contributed by atoms with E-state index in [1.807, 2.05) is 24.3 Å². The van der Waals surface area contributed by atoms with Gasteiger partial charge in [-0.25, -0.2) is 4.89 Å². The molecular formula is C14H13ClO2. The zero-order valence-corrected chi connectivity index (χ0v) is 9.98. The third-order valence-electron chi connectivity index (χ3n) is 3.20. The first kappa shape index (κ1) is 12.1. The molecule has 3 rings (SSSR count). The maximum atomic E-state index is 8.68. The van der Waals surface area contributed by atoms with Crippen molar-refractivity contribution in [1.29, 1.82) is 0 Å². The molecule has 0 aromatic heterocycles. The Kier molecular flexibility index (Phi) is 3.48. The first-order chi connectivity index (χ1) is 7.92. The lowest BCUT2D eigenvalue weighted by molar-refractivity contribution is -0.243. The first-order valence-corrected chi connectivity index (χ1v) is 5.36. The second-order valence-electron chi connectivity index (χ2n) is 4.02. The number of hydrogen-bond donors (Lipinski definition) is 1. The lowest BCUT2D eigenvalue weighted by Crippen LogP contribution is -2.04. The van der Waals surface area contributed by atoms with Crippen molar-refractivity contribution in [3.05, 3.63) is 59.7 Å². The normalized spacial score (nSPS) is 12.8. The predicted molar refractivity (Wildman–Crippen MR) is 69.5 cm³/mol. The summed E-state index contributed by atoms with van der Waals surface area (Å²) in [5.74, 6) is 0.150. The Morgan fingerprint density at radius 2 is 1.35 bits per heavy atom. The van der Waals surface area contributed by atoms with Crippen LogP contribution in [0.4, 0.5) is 0 Å². The molecule has 88 valence electrons. The van der Waals surface area contributed by atoms with Crippen LogP contribution in [0.25, 0.3) is 11.1 Å². The van der Waals surface area contributed by atoms with Crippen molar-refractivity contribution >= 4 is 12.4 Å². The van der Waals surface area contributed by atoms with Crippen LogP contribution in [0.5, 0.6) is 0 Å². The second kappa shape index (κ2) is 4.88. The fraction of sp³-hybridized carbons (Fsp3) is 0.143. The molecule has 0 bridgehead atoms. The van der Waals surface area contributed by atoms with Gasteiger partial charge in [0.1, 0.15) is 0 Å². The summed E-state index contributed by atoms with van der Waals surface area (Å²) >= 11 is 0. The van der Waals surface area contributed by atoms with Crippen LogP contribution in [-0.4, -0.2) is 11.9 Å². The van der Waals surface area contributed by atoms with Gasteiger partial charge in [0.25, 0.3) is 0 Å². The van der Waals surface area contributed by atoms with Gasteiger partial charge in [0.15, 0.2) is 0 Å². The highest BCUT2D eigenvalue weighted by atomic mass is 35.5. The van der Waals surface area contributed by atoms with Gasteiger partial charge < -0.3 is 0 Å². The number of halogens is 1. The number of benzene rings is 2. The highest BCUT2D eigenvalue weighted by Gasteiger charge is 2.27. The molecule has 0 saturated carbocycles. The van der Waals surface area contributed by atoms with E-state index in [1.165, 1.54) is 22.3 Å². The van der Waals surface area contributed by atoms with Crippen molar-refractivity contribution in [3.63, 3.8) is 0 Å². The topological polar surface area (TPSA) is 29.5 Å². The summed E-state index contributed by atoms with van der Waals surface area (Å²) in [5.41, 5.74) is 4.97. The van der Waals surface area contributed by atoms with Crippen molar-refractivity contribution in [2.75, 3.05) is 6.61 Å². The highest BCUT2D eigenvalue weighted by Crippen LogP contribution is 2.44. The van der Waals surface area contributed by atoms with E-state index in [0.717, 1.165) is 0 Å². The van der Waals surface area contributed by atoms with Crippen LogP contribution in [0.15, 0.2) is 48.5 Å². The Morgan fingerprint density at radius 1 is 0.882 bits per heavy atom. The van der Waals surface area contributed by atoms with Crippen molar-refractivity contribution in [2.45, 2.75) is 5.92 Å². The molecule has 0 heterocycles. The molecule has 1 aliphatic carbocycles.